The molecule has 0 aliphatic carbocycles. The topological polar surface area (TPSA) is 122 Å². The number of anilines is 1. The molecule has 0 unspecified atom stereocenters. The number of amides is 2. The molecule has 2 amide bonds. The summed E-state index contributed by atoms with van der Waals surface area (Å²) < 4.78 is 0. The molecule has 0 saturated carbocycles. The third-order valence-electron chi connectivity index (χ3n) is 2.12. The van der Waals surface area contributed by atoms with Gasteiger partial charge in [0.1, 0.15) is 11.0 Å². The molecule has 1 rings (SSSR count). The van der Waals surface area contributed by atoms with E-state index < -0.39 is 23.8 Å². The Morgan fingerprint density at radius 3 is 2.72 bits per heavy atom. The van der Waals surface area contributed by atoms with E-state index in [4.69, 9.17) is 10.8 Å². The van der Waals surface area contributed by atoms with Gasteiger partial charge in [0.15, 0.2) is 0 Å². The van der Waals surface area contributed by atoms with Gasteiger partial charge in [-0.3, -0.25) is 19.7 Å². The quantitative estimate of drug-likeness (QED) is 0.573. The number of carboxylic acid groups (broad SMARTS) is 1. The summed E-state index contributed by atoms with van der Waals surface area (Å²) in [5.41, 5.74) is 5.36. The van der Waals surface area contributed by atoms with E-state index in [1.165, 1.54) is 24.3 Å². The lowest BCUT2D eigenvalue weighted by atomic mass is 10.3. The van der Waals surface area contributed by atoms with Crippen LogP contribution in [0.15, 0.2) is 11.4 Å². The molecular weight excluding hydrogens is 258 g/mol. The fourth-order valence-electron chi connectivity index (χ4n) is 1.10. The standard InChI is InChI=1S/C10H13N3O4S/c1-5(10(16)17)12-4-7(14)13-9-6(8(11)15)2-3-18-9/h2-3,5,12H,4H2,1H3,(H2,11,15)(H,13,14)(H,16,17)/t5-/m0/s1. The van der Waals surface area contributed by atoms with Gasteiger partial charge in [0.2, 0.25) is 5.91 Å². The highest BCUT2D eigenvalue weighted by Gasteiger charge is 2.14. The van der Waals surface area contributed by atoms with E-state index in [-0.39, 0.29) is 12.1 Å². The largest absolute Gasteiger partial charge is 0.480 e. The monoisotopic (exact) mass is 271 g/mol. The maximum absolute atomic E-state index is 11.5. The molecule has 98 valence electrons. The summed E-state index contributed by atoms with van der Waals surface area (Å²) in [6.45, 7) is 1.26. The first-order chi connectivity index (χ1) is 8.41. The SMILES string of the molecule is C[C@H](NCC(=O)Nc1sccc1C(N)=O)C(=O)O. The van der Waals surface area contributed by atoms with Gasteiger partial charge in [0, 0.05) is 0 Å². The van der Waals surface area contributed by atoms with Crippen LogP contribution in [0.2, 0.25) is 0 Å². The number of hydrogen-bond donors (Lipinski definition) is 4. The third-order valence-corrected chi connectivity index (χ3v) is 2.95. The highest BCUT2D eigenvalue weighted by atomic mass is 32.1. The molecular formula is C10H13N3O4S. The summed E-state index contributed by atoms with van der Waals surface area (Å²) in [5.74, 6) is -2.11. The molecule has 0 aliphatic heterocycles. The Bertz CT molecular complexity index is 471. The first-order valence-electron chi connectivity index (χ1n) is 5.05. The van der Waals surface area contributed by atoms with Gasteiger partial charge in [-0.15, -0.1) is 11.3 Å². The van der Waals surface area contributed by atoms with Crippen molar-refractivity contribution in [3.05, 3.63) is 17.0 Å². The smallest absolute Gasteiger partial charge is 0.320 e. The number of primary amides is 1. The number of nitrogens with one attached hydrogen (secondary N) is 2. The van der Waals surface area contributed by atoms with Crippen molar-refractivity contribution >= 4 is 34.1 Å². The summed E-state index contributed by atoms with van der Waals surface area (Å²) in [7, 11) is 0. The second kappa shape index (κ2) is 6.12. The molecule has 1 aromatic rings. The zero-order valence-electron chi connectivity index (χ0n) is 9.60. The van der Waals surface area contributed by atoms with Crippen LogP contribution in [0.1, 0.15) is 17.3 Å². The molecule has 0 spiro atoms. The van der Waals surface area contributed by atoms with Crippen LogP contribution in [0.3, 0.4) is 0 Å². The number of carbonyl (C=O) groups excluding carboxylic acids is 2. The molecule has 0 fully saturated rings. The average molecular weight is 271 g/mol. The zero-order chi connectivity index (χ0) is 13.7. The van der Waals surface area contributed by atoms with Crippen LogP contribution in [0.4, 0.5) is 5.00 Å². The summed E-state index contributed by atoms with van der Waals surface area (Å²) in [4.78, 5) is 33.0. The average Bonchev–Trinajstić information content (AvgIpc) is 2.73. The number of rotatable bonds is 6. The van der Waals surface area contributed by atoms with Crippen LogP contribution in [0.25, 0.3) is 0 Å². The van der Waals surface area contributed by atoms with Crippen LogP contribution in [0.5, 0.6) is 0 Å². The van der Waals surface area contributed by atoms with Crippen molar-refractivity contribution in [2.45, 2.75) is 13.0 Å². The Kier molecular flexibility index (Phi) is 4.81. The predicted octanol–water partition coefficient (Wildman–Crippen LogP) is -0.152. The van der Waals surface area contributed by atoms with E-state index in [1.807, 2.05) is 0 Å². The fraction of sp³-hybridized carbons (Fsp3) is 0.300. The molecule has 0 saturated heterocycles. The molecule has 5 N–H and O–H groups in total. The Morgan fingerprint density at radius 1 is 1.50 bits per heavy atom. The van der Waals surface area contributed by atoms with Gasteiger partial charge in [-0.2, -0.15) is 0 Å². The van der Waals surface area contributed by atoms with E-state index >= 15 is 0 Å². The second-order valence-electron chi connectivity index (χ2n) is 3.52. The number of carboxylic acids is 1. The first kappa shape index (κ1) is 14.1. The Morgan fingerprint density at radius 2 is 2.17 bits per heavy atom. The summed E-state index contributed by atoms with van der Waals surface area (Å²) in [6, 6.07) is 0.685. The number of thiophene rings is 1. The summed E-state index contributed by atoms with van der Waals surface area (Å²) in [6.07, 6.45) is 0. The van der Waals surface area contributed by atoms with Crippen LogP contribution in [0, 0.1) is 0 Å². The molecule has 0 radical (unpaired) electrons. The van der Waals surface area contributed by atoms with Gasteiger partial charge in [-0.25, -0.2) is 0 Å². The van der Waals surface area contributed by atoms with Gasteiger partial charge in [-0.05, 0) is 18.4 Å². The zero-order valence-corrected chi connectivity index (χ0v) is 10.4. The molecule has 8 heteroatoms. The molecule has 0 aliphatic rings. The minimum Gasteiger partial charge on any atom is -0.480 e. The van der Waals surface area contributed by atoms with Crippen molar-refractivity contribution < 1.29 is 19.5 Å². The van der Waals surface area contributed by atoms with Crippen LogP contribution in [-0.4, -0.2) is 35.5 Å². The van der Waals surface area contributed by atoms with Gasteiger partial charge >= 0.3 is 5.97 Å². The van der Waals surface area contributed by atoms with Gasteiger partial charge in [0.25, 0.3) is 5.91 Å². The molecule has 1 atom stereocenters. The van der Waals surface area contributed by atoms with Crippen molar-refractivity contribution in [1.29, 1.82) is 0 Å². The second-order valence-corrected chi connectivity index (χ2v) is 4.43. The number of aliphatic carboxylic acids is 1. The Balaban J connectivity index is 2.52. The molecule has 0 bridgehead atoms. The van der Waals surface area contributed by atoms with Crippen molar-refractivity contribution in [3.8, 4) is 0 Å². The summed E-state index contributed by atoms with van der Waals surface area (Å²) >= 11 is 1.17. The summed E-state index contributed by atoms with van der Waals surface area (Å²) in [5, 5.41) is 15.6. The fourth-order valence-corrected chi connectivity index (χ4v) is 1.91. The van der Waals surface area contributed by atoms with E-state index in [0.29, 0.717) is 5.00 Å². The molecule has 7 nitrogen and oxygen atoms in total. The lowest BCUT2D eigenvalue weighted by Gasteiger charge is -2.09. The molecule has 1 heterocycles. The van der Waals surface area contributed by atoms with E-state index in [0.717, 1.165) is 0 Å². The maximum Gasteiger partial charge on any atom is 0.320 e. The van der Waals surface area contributed by atoms with Crippen LogP contribution >= 0.6 is 11.3 Å². The van der Waals surface area contributed by atoms with Crippen molar-refractivity contribution in [3.63, 3.8) is 0 Å². The normalized spacial score (nSPS) is 11.8. The molecule has 18 heavy (non-hydrogen) atoms. The predicted molar refractivity (Wildman–Crippen MR) is 66.6 cm³/mol. The van der Waals surface area contributed by atoms with Crippen molar-refractivity contribution in [1.82, 2.24) is 5.32 Å². The van der Waals surface area contributed by atoms with Crippen LogP contribution in [-0.2, 0) is 9.59 Å². The highest BCUT2D eigenvalue weighted by Crippen LogP contribution is 2.22. The molecule has 1 aromatic heterocycles. The Labute approximate surface area is 107 Å². The van der Waals surface area contributed by atoms with Crippen molar-refractivity contribution in [2.24, 2.45) is 5.73 Å². The minimum absolute atomic E-state index is 0.163. The minimum atomic E-state index is -1.04. The van der Waals surface area contributed by atoms with Gasteiger partial charge < -0.3 is 16.2 Å². The number of carbonyl (C=O) groups is 3. The van der Waals surface area contributed by atoms with E-state index in [2.05, 4.69) is 10.6 Å². The number of nitrogens with two attached hydrogens (primary N) is 1. The lowest BCUT2D eigenvalue weighted by molar-refractivity contribution is -0.139. The van der Waals surface area contributed by atoms with E-state index in [1.54, 1.807) is 5.38 Å². The van der Waals surface area contributed by atoms with Crippen LogP contribution < -0.4 is 16.4 Å². The van der Waals surface area contributed by atoms with Gasteiger partial charge in [0.05, 0.1) is 12.1 Å². The third kappa shape index (κ3) is 3.82. The number of hydrogen-bond acceptors (Lipinski definition) is 5. The molecule has 0 aromatic carbocycles. The van der Waals surface area contributed by atoms with Crippen molar-refractivity contribution in [2.75, 3.05) is 11.9 Å². The first-order valence-corrected chi connectivity index (χ1v) is 5.93. The lowest BCUT2D eigenvalue weighted by Crippen LogP contribution is -2.39. The van der Waals surface area contributed by atoms with E-state index in [9.17, 15) is 14.4 Å². The van der Waals surface area contributed by atoms with Gasteiger partial charge in [-0.1, -0.05) is 0 Å². The Hall–Kier alpha value is -1.93. The highest BCUT2D eigenvalue weighted by molar-refractivity contribution is 7.14. The maximum atomic E-state index is 11.5.